The summed E-state index contributed by atoms with van der Waals surface area (Å²) in [6.07, 6.45) is 2.01. The second-order valence-electron chi connectivity index (χ2n) is 10.5. The number of unbranched alkanes of at least 4 members (excludes halogenated alkanes) is 1. The van der Waals surface area contributed by atoms with E-state index >= 15 is 0 Å². The second kappa shape index (κ2) is 15.2. The Morgan fingerprint density at radius 1 is 0.767 bits per heavy atom. The molecule has 4 aromatic rings. The molecule has 1 unspecified atom stereocenters. The van der Waals surface area contributed by atoms with Gasteiger partial charge in [-0.1, -0.05) is 110 Å². The summed E-state index contributed by atoms with van der Waals surface area (Å²) in [4.78, 5) is 29.8. The fraction of sp³-hybridized carbons (Fsp3) is 0.257. The number of hydrogen-bond donors (Lipinski definition) is 1. The topological polar surface area (TPSA) is 86.8 Å². The molecule has 43 heavy (non-hydrogen) atoms. The van der Waals surface area contributed by atoms with Gasteiger partial charge in [-0.15, -0.1) is 0 Å². The summed E-state index contributed by atoms with van der Waals surface area (Å²) in [6, 6.07) is 33.3. The molecular weight excluding hydrogens is 558 g/mol. The van der Waals surface area contributed by atoms with Crippen molar-refractivity contribution in [1.29, 1.82) is 0 Å². The number of nitrogens with zero attached hydrogens (tertiary/aromatic N) is 2. The van der Waals surface area contributed by atoms with Gasteiger partial charge in [0.15, 0.2) is 0 Å². The van der Waals surface area contributed by atoms with Gasteiger partial charge in [0.1, 0.15) is 12.6 Å². The van der Waals surface area contributed by atoms with Crippen LogP contribution in [0.3, 0.4) is 0 Å². The minimum atomic E-state index is -4.12. The molecule has 0 aliphatic heterocycles. The predicted molar refractivity (Wildman–Crippen MR) is 171 cm³/mol. The van der Waals surface area contributed by atoms with Gasteiger partial charge < -0.3 is 10.2 Å². The first kappa shape index (κ1) is 31.5. The van der Waals surface area contributed by atoms with Crippen molar-refractivity contribution >= 4 is 27.5 Å². The molecule has 0 saturated carbocycles. The summed E-state index contributed by atoms with van der Waals surface area (Å²) in [5.74, 6) is -0.742. The van der Waals surface area contributed by atoms with Crippen molar-refractivity contribution in [2.75, 3.05) is 17.4 Å². The van der Waals surface area contributed by atoms with Crippen LogP contribution in [0.1, 0.15) is 36.5 Å². The Hall–Kier alpha value is -4.43. The highest BCUT2D eigenvalue weighted by Crippen LogP contribution is 2.27. The van der Waals surface area contributed by atoms with Gasteiger partial charge in [-0.05, 0) is 48.2 Å². The van der Waals surface area contributed by atoms with Gasteiger partial charge in [0.2, 0.25) is 11.8 Å². The average molecular weight is 598 g/mol. The van der Waals surface area contributed by atoms with Crippen molar-refractivity contribution in [2.45, 2.75) is 50.6 Å². The van der Waals surface area contributed by atoms with E-state index in [0.717, 1.165) is 28.3 Å². The van der Waals surface area contributed by atoms with Gasteiger partial charge >= 0.3 is 0 Å². The van der Waals surface area contributed by atoms with Crippen LogP contribution in [-0.4, -0.2) is 44.3 Å². The molecule has 0 heterocycles. The third-order valence-corrected chi connectivity index (χ3v) is 9.06. The first-order valence-corrected chi connectivity index (χ1v) is 16.0. The molecule has 0 aliphatic carbocycles. The quantitative estimate of drug-likeness (QED) is 0.188. The highest BCUT2D eigenvalue weighted by atomic mass is 32.2. The summed E-state index contributed by atoms with van der Waals surface area (Å²) >= 11 is 0. The van der Waals surface area contributed by atoms with E-state index in [2.05, 4.69) is 5.32 Å². The van der Waals surface area contributed by atoms with Gasteiger partial charge in [-0.3, -0.25) is 13.9 Å². The van der Waals surface area contributed by atoms with Crippen molar-refractivity contribution < 1.29 is 18.0 Å². The van der Waals surface area contributed by atoms with Gasteiger partial charge in [0, 0.05) is 19.5 Å². The first-order valence-electron chi connectivity index (χ1n) is 14.6. The normalized spacial score (nSPS) is 11.9. The number of para-hydroxylation sites is 1. The molecule has 1 N–H and O–H groups in total. The Balaban J connectivity index is 1.77. The fourth-order valence-corrected chi connectivity index (χ4v) is 6.42. The summed E-state index contributed by atoms with van der Waals surface area (Å²) < 4.78 is 29.3. The summed E-state index contributed by atoms with van der Waals surface area (Å²) in [5, 5.41) is 3.01. The number of sulfonamides is 1. The maximum atomic E-state index is 14.4. The molecule has 0 bridgehead atoms. The van der Waals surface area contributed by atoms with Gasteiger partial charge in [-0.25, -0.2) is 8.42 Å². The number of aryl methyl sites for hydroxylation is 1. The monoisotopic (exact) mass is 597 g/mol. The van der Waals surface area contributed by atoms with E-state index in [1.54, 1.807) is 30.3 Å². The van der Waals surface area contributed by atoms with E-state index < -0.39 is 28.5 Å². The maximum Gasteiger partial charge on any atom is 0.264 e. The lowest BCUT2D eigenvalue weighted by molar-refractivity contribution is -0.140. The van der Waals surface area contributed by atoms with Crippen LogP contribution in [0.2, 0.25) is 0 Å². The van der Waals surface area contributed by atoms with Crippen LogP contribution in [0.4, 0.5) is 5.69 Å². The van der Waals surface area contributed by atoms with Crippen molar-refractivity contribution in [1.82, 2.24) is 10.2 Å². The first-order chi connectivity index (χ1) is 20.8. The molecule has 7 nitrogen and oxygen atoms in total. The number of amides is 2. The van der Waals surface area contributed by atoms with E-state index in [-0.39, 0.29) is 23.8 Å². The Labute approximate surface area is 255 Å². The smallest absolute Gasteiger partial charge is 0.264 e. The Bertz CT molecular complexity index is 1580. The third-order valence-electron chi connectivity index (χ3n) is 7.29. The molecule has 0 aliphatic rings. The van der Waals surface area contributed by atoms with Crippen molar-refractivity contribution in [2.24, 2.45) is 0 Å². The number of hydrogen-bond acceptors (Lipinski definition) is 4. The van der Waals surface area contributed by atoms with E-state index in [1.807, 2.05) is 86.6 Å². The van der Waals surface area contributed by atoms with Crippen molar-refractivity contribution in [3.05, 3.63) is 132 Å². The molecular formula is C35H39N3O4S. The fourth-order valence-electron chi connectivity index (χ4n) is 4.92. The van der Waals surface area contributed by atoms with Crippen LogP contribution in [-0.2, 0) is 32.6 Å². The summed E-state index contributed by atoms with van der Waals surface area (Å²) in [6.45, 7) is 4.03. The lowest BCUT2D eigenvalue weighted by atomic mass is 10.0. The molecule has 0 aromatic heterocycles. The second-order valence-corrected chi connectivity index (χ2v) is 12.3. The van der Waals surface area contributed by atoms with Gasteiger partial charge in [0.25, 0.3) is 10.0 Å². The van der Waals surface area contributed by atoms with Crippen molar-refractivity contribution in [3.8, 4) is 0 Å². The Kier molecular flexibility index (Phi) is 11.1. The highest BCUT2D eigenvalue weighted by molar-refractivity contribution is 7.92. The summed E-state index contributed by atoms with van der Waals surface area (Å²) in [7, 11) is -4.12. The van der Waals surface area contributed by atoms with Crippen LogP contribution in [0.25, 0.3) is 0 Å². The zero-order valence-corrected chi connectivity index (χ0v) is 25.5. The standard InChI is InChI=1S/C35H39N3O4S/c1-3-4-24-36-35(40)33(25-29-17-8-5-9-18-29)37(26-30-19-10-6-11-20-30)34(39)27-38(32-23-15-14-16-28(32)2)43(41,42)31-21-12-7-13-22-31/h5-23,33H,3-4,24-27H2,1-2H3,(H,36,40). The molecule has 0 radical (unpaired) electrons. The van der Waals surface area contributed by atoms with Crippen molar-refractivity contribution in [3.63, 3.8) is 0 Å². The van der Waals surface area contributed by atoms with E-state index in [0.29, 0.717) is 17.8 Å². The van der Waals surface area contributed by atoms with Gasteiger partial charge in [0.05, 0.1) is 10.6 Å². The Morgan fingerprint density at radius 3 is 1.93 bits per heavy atom. The third kappa shape index (κ3) is 8.32. The van der Waals surface area contributed by atoms with Crippen LogP contribution in [0.5, 0.6) is 0 Å². The summed E-state index contributed by atoms with van der Waals surface area (Å²) in [5.41, 5.74) is 2.86. The lowest BCUT2D eigenvalue weighted by Crippen LogP contribution is -2.53. The number of nitrogens with one attached hydrogen (secondary N) is 1. The van der Waals surface area contributed by atoms with Crippen LogP contribution in [0.15, 0.2) is 120 Å². The number of rotatable bonds is 14. The van der Waals surface area contributed by atoms with Gasteiger partial charge in [-0.2, -0.15) is 0 Å². The molecule has 1 atom stereocenters. The minimum absolute atomic E-state index is 0.0822. The molecule has 224 valence electrons. The molecule has 2 amide bonds. The van der Waals surface area contributed by atoms with E-state index in [1.165, 1.54) is 17.0 Å². The number of carbonyl (C=O) groups excluding carboxylic acids is 2. The lowest BCUT2D eigenvalue weighted by Gasteiger charge is -2.34. The van der Waals surface area contributed by atoms with E-state index in [4.69, 9.17) is 0 Å². The molecule has 4 rings (SSSR count). The van der Waals surface area contributed by atoms with Crippen LogP contribution < -0.4 is 9.62 Å². The SMILES string of the molecule is CCCCNC(=O)C(Cc1ccccc1)N(Cc1ccccc1)C(=O)CN(c1ccccc1C)S(=O)(=O)c1ccccc1. The molecule has 0 saturated heterocycles. The zero-order chi connectivity index (χ0) is 30.7. The molecule has 0 spiro atoms. The maximum absolute atomic E-state index is 14.4. The molecule has 4 aromatic carbocycles. The predicted octanol–water partition coefficient (Wildman–Crippen LogP) is 5.75. The Morgan fingerprint density at radius 2 is 1.33 bits per heavy atom. The number of anilines is 1. The van der Waals surface area contributed by atoms with E-state index in [9.17, 15) is 18.0 Å². The van der Waals surface area contributed by atoms with Crippen LogP contribution in [0, 0.1) is 6.92 Å². The molecule has 0 fully saturated rings. The number of benzene rings is 4. The largest absolute Gasteiger partial charge is 0.354 e. The number of carbonyl (C=O) groups is 2. The average Bonchev–Trinajstić information content (AvgIpc) is 3.03. The molecule has 8 heteroatoms. The van der Waals surface area contributed by atoms with Crippen LogP contribution >= 0.6 is 0 Å². The minimum Gasteiger partial charge on any atom is -0.354 e. The highest BCUT2D eigenvalue weighted by Gasteiger charge is 2.34. The zero-order valence-electron chi connectivity index (χ0n) is 24.7.